The fourth-order valence-corrected chi connectivity index (χ4v) is 4.94. The first-order valence-corrected chi connectivity index (χ1v) is 15.0. The Morgan fingerprint density at radius 3 is 2.29 bits per heavy atom. The lowest BCUT2D eigenvalue weighted by Crippen LogP contribution is -2.44. The van der Waals surface area contributed by atoms with Crippen LogP contribution in [0.25, 0.3) is 0 Å². The van der Waals surface area contributed by atoms with E-state index in [9.17, 15) is 19.5 Å². The minimum absolute atomic E-state index is 0.000177. The van der Waals surface area contributed by atoms with Crippen LogP contribution >= 0.6 is 0 Å². The summed E-state index contributed by atoms with van der Waals surface area (Å²) in [5, 5.41) is 15.0. The number of aliphatic carboxylic acids is 1. The van der Waals surface area contributed by atoms with Crippen LogP contribution < -0.4 is 26.0 Å². The molecule has 0 saturated carbocycles. The minimum Gasteiger partial charge on any atom is -0.480 e. The van der Waals surface area contributed by atoms with Crippen molar-refractivity contribution in [3.05, 3.63) is 89.5 Å². The zero-order chi connectivity index (χ0) is 32.4. The van der Waals surface area contributed by atoms with Crippen molar-refractivity contribution in [1.29, 1.82) is 0 Å². The lowest BCUT2D eigenvalue weighted by Gasteiger charge is -2.31. The molecule has 1 atom stereocenters. The molecule has 1 aliphatic rings. The first kappa shape index (κ1) is 32.8. The molecule has 1 heterocycles. The quantitative estimate of drug-likeness (QED) is 0.177. The van der Waals surface area contributed by atoms with Gasteiger partial charge in [0.25, 0.3) is 5.91 Å². The predicted molar refractivity (Wildman–Crippen MR) is 173 cm³/mol. The molecule has 0 spiro atoms. The van der Waals surface area contributed by atoms with Gasteiger partial charge in [0.05, 0.1) is 0 Å². The van der Waals surface area contributed by atoms with E-state index in [2.05, 4.69) is 26.6 Å². The Labute approximate surface area is 263 Å². The standard InChI is InChI=1S/C34H41N5O6/c1-34(2,3)45-33(43)37-27(31(41)42)21-23-15-17-24(18-16-23)30(40)38-32(35)36-22-26-28(39-19-8-5-9-20-39)13-10-14-29(26)44-25-11-6-4-7-12-25/h4,6-7,10-18,27H,5,8-9,19-22H2,1-3H3,(H,37,43)(H,41,42)(H3,35,36,38,40)/t27-/m0/s1. The number of rotatable bonds is 10. The molecule has 11 heteroatoms. The van der Waals surface area contributed by atoms with E-state index in [0.717, 1.165) is 37.2 Å². The largest absolute Gasteiger partial charge is 0.480 e. The Kier molecular flexibility index (Phi) is 11.0. The second-order valence-corrected chi connectivity index (χ2v) is 11.8. The number of hydrogen-bond acceptors (Lipinski definition) is 6. The van der Waals surface area contributed by atoms with Crippen LogP contribution in [0.4, 0.5) is 10.5 Å². The van der Waals surface area contributed by atoms with Gasteiger partial charge in [0.2, 0.25) is 0 Å². The number of anilines is 1. The van der Waals surface area contributed by atoms with Crippen LogP contribution in [-0.4, -0.2) is 53.8 Å². The molecule has 1 aliphatic heterocycles. The highest BCUT2D eigenvalue weighted by Crippen LogP contribution is 2.34. The number of nitrogens with two attached hydrogens (primary N) is 1. The third-order valence-corrected chi connectivity index (χ3v) is 7.07. The van der Waals surface area contributed by atoms with Gasteiger partial charge in [-0.1, -0.05) is 36.4 Å². The van der Waals surface area contributed by atoms with E-state index in [1.807, 2.05) is 42.5 Å². The first-order valence-electron chi connectivity index (χ1n) is 15.0. The summed E-state index contributed by atoms with van der Waals surface area (Å²) in [7, 11) is 0. The third kappa shape index (κ3) is 9.99. The number of guanidine groups is 1. The van der Waals surface area contributed by atoms with E-state index in [1.54, 1.807) is 32.9 Å². The van der Waals surface area contributed by atoms with Crippen LogP contribution in [0.5, 0.6) is 11.5 Å². The number of benzene rings is 3. The lowest BCUT2D eigenvalue weighted by atomic mass is 10.0. The molecule has 1 saturated heterocycles. The van der Waals surface area contributed by atoms with Crippen LogP contribution in [0.1, 0.15) is 61.5 Å². The zero-order valence-electron chi connectivity index (χ0n) is 25.9. The average Bonchev–Trinajstić information content (AvgIpc) is 3.00. The van der Waals surface area contributed by atoms with Crippen molar-refractivity contribution >= 4 is 29.6 Å². The highest BCUT2D eigenvalue weighted by Gasteiger charge is 2.24. The van der Waals surface area contributed by atoms with Crippen molar-refractivity contribution in [2.45, 2.75) is 64.6 Å². The highest BCUT2D eigenvalue weighted by molar-refractivity contribution is 6.02. The first-order chi connectivity index (χ1) is 21.5. The van der Waals surface area contributed by atoms with Gasteiger partial charge < -0.3 is 35.8 Å². The summed E-state index contributed by atoms with van der Waals surface area (Å²) in [6.45, 7) is 7.26. The summed E-state index contributed by atoms with van der Waals surface area (Å²) >= 11 is 0. The average molecular weight is 616 g/mol. The van der Waals surface area contributed by atoms with Crippen molar-refractivity contribution < 1.29 is 29.0 Å². The molecule has 2 amide bonds. The van der Waals surface area contributed by atoms with Crippen LogP contribution in [0, 0.1) is 0 Å². The Bertz CT molecular complexity index is 1500. The summed E-state index contributed by atoms with van der Waals surface area (Å²) in [6.07, 6.45) is 2.61. The molecule has 238 valence electrons. The Balaban J connectivity index is 1.43. The van der Waals surface area contributed by atoms with Crippen molar-refractivity contribution in [2.75, 3.05) is 18.0 Å². The molecule has 0 unspecified atom stereocenters. The van der Waals surface area contributed by atoms with Gasteiger partial charge in [0, 0.05) is 42.9 Å². The molecule has 3 aromatic rings. The van der Waals surface area contributed by atoms with Crippen LogP contribution in [0.15, 0.2) is 77.8 Å². The molecule has 0 aliphatic carbocycles. The number of para-hydroxylation sites is 1. The number of carbonyl (C=O) groups excluding carboxylic acids is 2. The number of aliphatic imine (C=N–C) groups is 1. The number of nitrogens with one attached hydrogen (secondary N) is 2. The van der Waals surface area contributed by atoms with Crippen LogP contribution in [0.3, 0.4) is 0 Å². The van der Waals surface area contributed by atoms with Gasteiger partial charge in [-0.15, -0.1) is 0 Å². The van der Waals surface area contributed by atoms with Gasteiger partial charge in [0.1, 0.15) is 23.1 Å². The number of carboxylic acid groups (broad SMARTS) is 1. The number of nitrogens with zero attached hydrogens (tertiary/aromatic N) is 2. The molecule has 5 N–H and O–H groups in total. The van der Waals surface area contributed by atoms with Crippen molar-refractivity contribution in [2.24, 2.45) is 10.7 Å². The maximum atomic E-state index is 12.9. The van der Waals surface area contributed by atoms with Gasteiger partial charge in [-0.3, -0.25) is 4.79 Å². The van der Waals surface area contributed by atoms with Gasteiger partial charge in [-0.2, -0.15) is 4.99 Å². The zero-order valence-corrected chi connectivity index (χ0v) is 25.9. The molecule has 4 rings (SSSR count). The molecule has 11 nitrogen and oxygen atoms in total. The van der Waals surface area contributed by atoms with Crippen LogP contribution in [-0.2, 0) is 22.5 Å². The Morgan fingerprint density at radius 1 is 0.956 bits per heavy atom. The van der Waals surface area contributed by atoms with E-state index in [-0.39, 0.29) is 24.5 Å². The second kappa shape index (κ2) is 15.1. The monoisotopic (exact) mass is 615 g/mol. The van der Waals surface area contributed by atoms with Crippen molar-refractivity contribution in [1.82, 2.24) is 10.6 Å². The predicted octanol–water partition coefficient (Wildman–Crippen LogP) is 5.23. The van der Waals surface area contributed by atoms with Crippen molar-refractivity contribution in [3.8, 4) is 11.5 Å². The Morgan fingerprint density at radius 2 is 1.64 bits per heavy atom. The van der Waals surface area contributed by atoms with E-state index in [0.29, 0.717) is 17.1 Å². The Hall–Kier alpha value is -5.06. The molecule has 0 bridgehead atoms. The number of ether oxygens (including phenoxy) is 2. The normalized spacial score (nSPS) is 14.3. The summed E-state index contributed by atoms with van der Waals surface area (Å²) < 4.78 is 11.4. The van der Waals surface area contributed by atoms with E-state index in [1.165, 1.54) is 18.6 Å². The number of carboxylic acids is 1. The summed E-state index contributed by atoms with van der Waals surface area (Å²) in [5.41, 5.74) is 8.23. The summed E-state index contributed by atoms with van der Waals surface area (Å²) in [5.74, 6) is -0.407. The van der Waals surface area contributed by atoms with E-state index < -0.39 is 29.6 Å². The van der Waals surface area contributed by atoms with Crippen molar-refractivity contribution in [3.63, 3.8) is 0 Å². The SMILES string of the molecule is CC(C)(C)OC(=O)N[C@@H](Cc1ccc(C(=O)/N=C(\N)NCc2c(Oc3ccccc3)cccc2N2CCCCC2)cc1)C(=O)O. The number of hydrogen-bond donors (Lipinski definition) is 4. The lowest BCUT2D eigenvalue weighted by molar-refractivity contribution is -0.139. The molecule has 0 radical (unpaired) electrons. The van der Waals surface area contributed by atoms with Gasteiger partial charge >= 0.3 is 12.1 Å². The second-order valence-electron chi connectivity index (χ2n) is 11.8. The molecule has 45 heavy (non-hydrogen) atoms. The maximum Gasteiger partial charge on any atom is 0.408 e. The molecule has 3 aromatic carbocycles. The summed E-state index contributed by atoms with van der Waals surface area (Å²) in [4.78, 5) is 43.1. The van der Waals surface area contributed by atoms with E-state index in [4.69, 9.17) is 15.2 Å². The third-order valence-electron chi connectivity index (χ3n) is 7.07. The maximum absolute atomic E-state index is 12.9. The number of amides is 2. The van der Waals surface area contributed by atoms with Gasteiger partial charge in [0.15, 0.2) is 5.96 Å². The minimum atomic E-state index is -1.21. The summed E-state index contributed by atoms with van der Waals surface area (Å²) in [6, 6.07) is 20.6. The topological polar surface area (TPSA) is 156 Å². The molecular weight excluding hydrogens is 574 g/mol. The molecular formula is C34H41N5O6. The molecule has 1 fully saturated rings. The van der Waals surface area contributed by atoms with Gasteiger partial charge in [-0.25, -0.2) is 9.59 Å². The fourth-order valence-electron chi connectivity index (χ4n) is 4.94. The highest BCUT2D eigenvalue weighted by atomic mass is 16.6. The van der Waals surface area contributed by atoms with E-state index >= 15 is 0 Å². The number of piperidine rings is 1. The number of carbonyl (C=O) groups is 3. The fraction of sp³-hybridized carbons (Fsp3) is 0.353. The van der Waals surface area contributed by atoms with Gasteiger partial charge in [-0.05, 0) is 82.0 Å². The molecule has 0 aromatic heterocycles. The number of alkyl carbamates (subject to hydrolysis) is 1. The smallest absolute Gasteiger partial charge is 0.408 e. The van der Waals surface area contributed by atoms with Crippen LogP contribution in [0.2, 0.25) is 0 Å².